The Bertz CT molecular complexity index is 150. The maximum Gasteiger partial charge on any atom is 0.102 e. The topological polar surface area (TPSA) is 21.7 Å². The fraction of sp³-hybridized carbons (Fsp3) is 1.00. The molecular formula is C11H27N2O2+. The van der Waals surface area contributed by atoms with Crippen molar-refractivity contribution in [3.63, 3.8) is 0 Å². The van der Waals surface area contributed by atoms with Crippen LogP contribution in [0.3, 0.4) is 0 Å². The van der Waals surface area contributed by atoms with Gasteiger partial charge in [-0.2, -0.15) is 0 Å². The van der Waals surface area contributed by atoms with E-state index in [4.69, 9.17) is 9.47 Å². The van der Waals surface area contributed by atoms with Gasteiger partial charge in [-0.1, -0.05) is 0 Å². The predicted octanol–water partition coefficient (Wildman–Crippen LogP) is 0.287. The lowest BCUT2D eigenvalue weighted by Crippen LogP contribution is -2.46. The molecule has 0 heterocycles. The smallest absolute Gasteiger partial charge is 0.102 e. The van der Waals surface area contributed by atoms with Crippen molar-refractivity contribution in [2.45, 2.75) is 0 Å². The van der Waals surface area contributed by atoms with Gasteiger partial charge < -0.3 is 18.9 Å². The molecule has 0 saturated carbocycles. The third-order valence-corrected chi connectivity index (χ3v) is 2.43. The summed E-state index contributed by atoms with van der Waals surface area (Å²) in [6, 6.07) is 0. The van der Waals surface area contributed by atoms with Gasteiger partial charge in [0.15, 0.2) is 0 Å². The highest BCUT2D eigenvalue weighted by Crippen LogP contribution is 1.96. The zero-order valence-electron chi connectivity index (χ0n) is 11.0. The van der Waals surface area contributed by atoms with E-state index in [1.54, 1.807) is 7.11 Å². The Morgan fingerprint density at radius 2 is 1.67 bits per heavy atom. The molecule has 92 valence electrons. The van der Waals surface area contributed by atoms with Crippen LogP contribution >= 0.6 is 0 Å². The molecule has 0 bridgehead atoms. The summed E-state index contributed by atoms with van der Waals surface area (Å²) in [6.45, 7) is 5.52. The summed E-state index contributed by atoms with van der Waals surface area (Å²) in [4.78, 5) is 2.21. The van der Waals surface area contributed by atoms with Crippen LogP contribution in [0.1, 0.15) is 0 Å². The van der Waals surface area contributed by atoms with E-state index in [0.717, 1.165) is 30.7 Å². The average Bonchev–Trinajstić information content (AvgIpc) is 2.15. The summed E-state index contributed by atoms with van der Waals surface area (Å²) in [5.41, 5.74) is 0. The normalized spacial score (nSPS) is 12.4. The highest BCUT2D eigenvalue weighted by Gasteiger charge is 2.14. The molecule has 0 N–H and O–H groups in total. The molecule has 0 amide bonds. The molecule has 0 fully saturated rings. The Balaban J connectivity index is 3.46. The standard InChI is InChI=1S/C11H27N2O2/c1-12(2)6-7-13(3,4)8-9-15-11-10-14-5/h6-11H2,1-5H3/q+1. The van der Waals surface area contributed by atoms with Crippen LogP contribution in [0.4, 0.5) is 0 Å². The van der Waals surface area contributed by atoms with Gasteiger partial charge in [0, 0.05) is 13.7 Å². The lowest BCUT2D eigenvalue weighted by Gasteiger charge is -2.30. The van der Waals surface area contributed by atoms with Crippen molar-refractivity contribution in [1.82, 2.24) is 4.90 Å². The largest absolute Gasteiger partial charge is 0.382 e. The fourth-order valence-electron chi connectivity index (χ4n) is 1.14. The fourth-order valence-corrected chi connectivity index (χ4v) is 1.14. The summed E-state index contributed by atoms with van der Waals surface area (Å²) in [5.74, 6) is 0. The highest BCUT2D eigenvalue weighted by atomic mass is 16.5. The maximum absolute atomic E-state index is 5.46. The van der Waals surface area contributed by atoms with Gasteiger partial charge in [0.25, 0.3) is 0 Å². The monoisotopic (exact) mass is 219 g/mol. The Labute approximate surface area is 94.3 Å². The molecule has 0 saturated heterocycles. The van der Waals surface area contributed by atoms with E-state index in [2.05, 4.69) is 33.1 Å². The second-order valence-electron chi connectivity index (χ2n) is 4.79. The van der Waals surface area contributed by atoms with Crippen LogP contribution in [0.15, 0.2) is 0 Å². The van der Waals surface area contributed by atoms with Gasteiger partial charge >= 0.3 is 0 Å². The molecule has 4 heteroatoms. The second kappa shape index (κ2) is 8.05. The SMILES string of the molecule is COCCOCC[N+](C)(C)CCN(C)C. The van der Waals surface area contributed by atoms with Crippen LogP contribution in [0.25, 0.3) is 0 Å². The Hall–Kier alpha value is -0.160. The summed E-state index contributed by atoms with van der Waals surface area (Å²) in [5, 5.41) is 0. The van der Waals surface area contributed by atoms with Crippen molar-refractivity contribution < 1.29 is 14.0 Å². The molecule has 0 aromatic rings. The van der Waals surface area contributed by atoms with E-state index < -0.39 is 0 Å². The van der Waals surface area contributed by atoms with Gasteiger partial charge in [0.1, 0.15) is 6.54 Å². The third-order valence-electron chi connectivity index (χ3n) is 2.43. The summed E-state index contributed by atoms with van der Waals surface area (Å²) in [6.07, 6.45) is 0. The number of nitrogens with zero attached hydrogens (tertiary/aromatic N) is 2. The van der Waals surface area contributed by atoms with Crippen LogP contribution in [-0.2, 0) is 9.47 Å². The molecule has 0 aliphatic rings. The molecular weight excluding hydrogens is 192 g/mol. The van der Waals surface area contributed by atoms with Crippen molar-refractivity contribution in [1.29, 1.82) is 0 Å². The zero-order valence-corrected chi connectivity index (χ0v) is 11.0. The molecule has 4 nitrogen and oxygen atoms in total. The van der Waals surface area contributed by atoms with Crippen molar-refractivity contribution in [3.05, 3.63) is 0 Å². The summed E-state index contributed by atoms with van der Waals surface area (Å²) in [7, 11) is 10.4. The average molecular weight is 219 g/mol. The molecule has 0 radical (unpaired) electrons. The van der Waals surface area contributed by atoms with Gasteiger partial charge in [-0.3, -0.25) is 0 Å². The molecule has 0 spiro atoms. The summed E-state index contributed by atoms with van der Waals surface area (Å²) < 4.78 is 11.4. The third kappa shape index (κ3) is 10.1. The van der Waals surface area contributed by atoms with Gasteiger partial charge in [-0.05, 0) is 14.1 Å². The van der Waals surface area contributed by atoms with Crippen LogP contribution < -0.4 is 0 Å². The van der Waals surface area contributed by atoms with Crippen LogP contribution in [0.2, 0.25) is 0 Å². The van der Waals surface area contributed by atoms with Crippen molar-refractivity contribution >= 4 is 0 Å². The van der Waals surface area contributed by atoms with E-state index >= 15 is 0 Å². The lowest BCUT2D eigenvalue weighted by molar-refractivity contribution is -0.890. The first-order valence-electron chi connectivity index (χ1n) is 5.51. The first-order valence-corrected chi connectivity index (χ1v) is 5.51. The molecule has 0 rings (SSSR count). The summed E-state index contributed by atoms with van der Waals surface area (Å²) >= 11 is 0. The Morgan fingerprint density at radius 3 is 2.20 bits per heavy atom. The number of rotatable bonds is 9. The maximum atomic E-state index is 5.46. The van der Waals surface area contributed by atoms with Crippen molar-refractivity contribution in [3.8, 4) is 0 Å². The van der Waals surface area contributed by atoms with E-state index in [1.807, 2.05) is 0 Å². The number of hydrogen-bond donors (Lipinski definition) is 0. The Morgan fingerprint density at radius 1 is 1.00 bits per heavy atom. The zero-order chi connectivity index (χ0) is 11.7. The van der Waals surface area contributed by atoms with Crippen LogP contribution in [0.5, 0.6) is 0 Å². The number of likely N-dealkylation sites (N-methyl/N-ethyl adjacent to an activating group) is 2. The molecule has 0 unspecified atom stereocenters. The van der Waals surface area contributed by atoms with Crippen LogP contribution in [-0.4, -0.2) is 84.1 Å². The molecule has 0 aromatic heterocycles. The molecule has 0 aliphatic carbocycles. The van der Waals surface area contributed by atoms with Crippen molar-refractivity contribution in [2.24, 2.45) is 0 Å². The Kier molecular flexibility index (Phi) is 7.96. The highest BCUT2D eigenvalue weighted by molar-refractivity contribution is 4.42. The molecule has 15 heavy (non-hydrogen) atoms. The minimum atomic E-state index is 0.686. The van der Waals surface area contributed by atoms with Gasteiger partial charge in [0.05, 0.1) is 40.5 Å². The van der Waals surface area contributed by atoms with Crippen LogP contribution in [0, 0.1) is 0 Å². The minimum absolute atomic E-state index is 0.686. The minimum Gasteiger partial charge on any atom is -0.382 e. The molecule has 0 aliphatic heterocycles. The van der Waals surface area contributed by atoms with Crippen molar-refractivity contribution in [2.75, 3.05) is 74.8 Å². The van der Waals surface area contributed by atoms with Gasteiger partial charge in [0.2, 0.25) is 0 Å². The number of hydrogen-bond acceptors (Lipinski definition) is 3. The number of ether oxygens (including phenoxy) is 2. The van der Waals surface area contributed by atoms with E-state index in [9.17, 15) is 0 Å². The van der Waals surface area contributed by atoms with E-state index in [-0.39, 0.29) is 0 Å². The van der Waals surface area contributed by atoms with E-state index in [0.29, 0.717) is 13.2 Å². The number of methoxy groups -OCH3 is 1. The first kappa shape index (κ1) is 14.8. The quantitative estimate of drug-likeness (QED) is 0.411. The first-order chi connectivity index (χ1) is 6.98. The predicted molar refractivity (Wildman–Crippen MR) is 63.1 cm³/mol. The van der Waals surface area contributed by atoms with E-state index in [1.165, 1.54) is 0 Å². The molecule has 0 atom stereocenters. The van der Waals surface area contributed by atoms with Gasteiger partial charge in [-0.25, -0.2) is 0 Å². The second-order valence-corrected chi connectivity index (χ2v) is 4.79. The van der Waals surface area contributed by atoms with Gasteiger partial charge in [-0.15, -0.1) is 0 Å². The lowest BCUT2D eigenvalue weighted by atomic mass is 10.4. The molecule has 0 aromatic carbocycles. The number of quaternary nitrogens is 1.